The molecule has 134 valence electrons. The van der Waals surface area contributed by atoms with Crippen molar-refractivity contribution in [3.8, 4) is 17.1 Å². The Morgan fingerprint density at radius 3 is 2.72 bits per heavy atom. The number of nitrogens with zero attached hydrogens (tertiary/aromatic N) is 2. The van der Waals surface area contributed by atoms with Crippen LogP contribution in [0.25, 0.3) is 11.4 Å². The minimum atomic E-state index is -0.123. The Balaban J connectivity index is 1.44. The van der Waals surface area contributed by atoms with E-state index < -0.39 is 0 Å². The second-order valence-corrected chi connectivity index (χ2v) is 6.23. The smallest absolute Gasteiger partial charge is 0.315 e. The lowest BCUT2D eigenvalue weighted by atomic mass is 9.96. The monoisotopic (exact) mass is 344 g/mol. The predicted molar refractivity (Wildman–Crippen MR) is 93.4 cm³/mol. The molecule has 0 aliphatic heterocycles. The zero-order chi connectivity index (χ0) is 17.5. The summed E-state index contributed by atoms with van der Waals surface area (Å²) in [6.07, 6.45) is 6.31. The third-order valence-corrected chi connectivity index (χ3v) is 4.38. The second-order valence-electron chi connectivity index (χ2n) is 6.23. The molecule has 0 unspecified atom stereocenters. The van der Waals surface area contributed by atoms with Gasteiger partial charge in [-0.05, 0) is 37.1 Å². The fraction of sp³-hybridized carbons (Fsp3) is 0.500. The van der Waals surface area contributed by atoms with Crippen molar-refractivity contribution in [3.63, 3.8) is 0 Å². The quantitative estimate of drug-likeness (QED) is 0.841. The maximum atomic E-state index is 11.9. The number of methoxy groups -OCH3 is 1. The van der Waals surface area contributed by atoms with Crippen LogP contribution in [-0.4, -0.2) is 35.9 Å². The summed E-state index contributed by atoms with van der Waals surface area (Å²) >= 11 is 0. The molecule has 1 heterocycles. The van der Waals surface area contributed by atoms with Gasteiger partial charge in [0.05, 0.1) is 7.11 Å². The van der Waals surface area contributed by atoms with Crippen molar-refractivity contribution in [2.75, 3.05) is 13.7 Å². The van der Waals surface area contributed by atoms with Crippen molar-refractivity contribution in [1.82, 2.24) is 20.8 Å². The number of amides is 2. The fourth-order valence-corrected chi connectivity index (χ4v) is 2.98. The first kappa shape index (κ1) is 17.3. The number of nitrogens with one attached hydrogen (secondary N) is 2. The van der Waals surface area contributed by atoms with E-state index in [9.17, 15) is 4.79 Å². The molecule has 0 atom stereocenters. The van der Waals surface area contributed by atoms with Gasteiger partial charge in [0.2, 0.25) is 11.7 Å². The largest absolute Gasteiger partial charge is 0.497 e. The minimum absolute atomic E-state index is 0.123. The van der Waals surface area contributed by atoms with E-state index in [1.807, 2.05) is 24.3 Å². The van der Waals surface area contributed by atoms with Crippen LogP contribution >= 0.6 is 0 Å². The Kier molecular flexibility index (Phi) is 5.87. The normalized spacial score (nSPS) is 14.9. The summed E-state index contributed by atoms with van der Waals surface area (Å²) in [5.74, 6) is 1.81. The number of hydrogen-bond acceptors (Lipinski definition) is 5. The van der Waals surface area contributed by atoms with Gasteiger partial charge in [0.25, 0.3) is 0 Å². The van der Waals surface area contributed by atoms with Gasteiger partial charge in [0, 0.05) is 24.6 Å². The van der Waals surface area contributed by atoms with E-state index >= 15 is 0 Å². The predicted octanol–water partition coefficient (Wildman–Crippen LogP) is 2.92. The molecule has 1 aliphatic rings. The molecule has 0 bridgehead atoms. The van der Waals surface area contributed by atoms with Crippen LogP contribution in [0.3, 0.4) is 0 Å². The molecular weight excluding hydrogens is 320 g/mol. The molecule has 7 nitrogen and oxygen atoms in total. The number of rotatable bonds is 6. The lowest BCUT2D eigenvalue weighted by Gasteiger charge is -2.22. The Hall–Kier alpha value is -2.57. The van der Waals surface area contributed by atoms with Crippen LogP contribution in [0, 0.1) is 0 Å². The number of carbonyl (C=O) groups excluding carboxylic acids is 1. The van der Waals surface area contributed by atoms with E-state index in [1.54, 1.807) is 7.11 Å². The molecule has 1 aromatic heterocycles. The molecule has 25 heavy (non-hydrogen) atoms. The number of benzene rings is 1. The van der Waals surface area contributed by atoms with Gasteiger partial charge in [0.15, 0.2) is 0 Å². The molecule has 2 amide bonds. The average Bonchev–Trinajstić information content (AvgIpc) is 3.11. The maximum Gasteiger partial charge on any atom is 0.315 e. The van der Waals surface area contributed by atoms with Crippen molar-refractivity contribution in [1.29, 1.82) is 0 Å². The van der Waals surface area contributed by atoms with Gasteiger partial charge in [-0.1, -0.05) is 24.4 Å². The summed E-state index contributed by atoms with van der Waals surface area (Å²) in [6, 6.07) is 7.64. The Bertz CT molecular complexity index is 678. The zero-order valence-corrected chi connectivity index (χ0v) is 14.5. The van der Waals surface area contributed by atoms with Crippen LogP contribution in [0.5, 0.6) is 5.75 Å². The van der Waals surface area contributed by atoms with E-state index in [0.29, 0.717) is 30.7 Å². The number of carbonyl (C=O) groups is 1. The summed E-state index contributed by atoms with van der Waals surface area (Å²) in [7, 11) is 1.62. The molecule has 1 aliphatic carbocycles. The Morgan fingerprint density at radius 1 is 1.24 bits per heavy atom. The number of ether oxygens (including phenoxy) is 1. The van der Waals surface area contributed by atoms with Crippen molar-refractivity contribution >= 4 is 6.03 Å². The van der Waals surface area contributed by atoms with Gasteiger partial charge in [-0.15, -0.1) is 0 Å². The van der Waals surface area contributed by atoms with E-state index in [0.717, 1.165) is 24.2 Å². The number of urea groups is 1. The first-order valence-corrected chi connectivity index (χ1v) is 8.76. The van der Waals surface area contributed by atoms with E-state index in [4.69, 9.17) is 9.26 Å². The molecule has 3 rings (SSSR count). The molecule has 1 aromatic carbocycles. The highest BCUT2D eigenvalue weighted by molar-refractivity contribution is 5.74. The Morgan fingerprint density at radius 2 is 2.00 bits per heavy atom. The third-order valence-electron chi connectivity index (χ3n) is 4.38. The first-order valence-electron chi connectivity index (χ1n) is 8.76. The zero-order valence-electron chi connectivity index (χ0n) is 14.5. The summed E-state index contributed by atoms with van der Waals surface area (Å²) < 4.78 is 10.4. The van der Waals surface area contributed by atoms with E-state index in [-0.39, 0.29) is 6.03 Å². The van der Waals surface area contributed by atoms with Crippen molar-refractivity contribution in [2.45, 2.75) is 44.6 Å². The van der Waals surface area contributed by atoms with Gasteiger partial charge < -0.3 is 19.9 Å². The lowest BCUT2D eigenvalue weighted by molar-refractivity contribution is 0.232. The van der Waals surface area contributed by atoms with Gasteiger partial charge in [-0.25, -0.2) is 4.79 Å². The molecule has 2 N–H and O–H groups in total. The second kappa shape index (κ2) is 8.50. The standard InChI is InChI=1S/C18H24N4O3/c1-24-15-9-7-13(8-10-15)17-21-16(25-22-17)11-12-19-18(23)20-14-5-3-2-4-6-14/h7-10,14H,2-6,11-12H2,1H3,(H2,19,20,23). The molecule has 0 spiro atoms. The van der Waals surface area contributed by atoms with Crippen LogP contribution in [0.15, 0.2) is 28.8 Å². The molecule has 1 saturated carbocycles. The molecule has 7 heteroatoms. The minimum Gasteiger partial charge on any atom is -0.497 e. The van der Waals surface area contributed by atoms with Crippen LogP contribution in [0.1, 0.15) is 38.0 Å². The average molecular weight is 344 g/mol. The maximum absolute atomic E-state index is 11.9. The molecule has 1 fully saturated rings. The topological polar surface area (TPSA) is 89.3 Å². The Labute approximate surface area is 147 Å². The molecular formula is C18H24N4O3. The summed E-state index contributed by atoms with van der Waals surface area (Å²) in [6.45, 7) is 0.461. The van der Waals surface area contributed by atoms with Crippen molar-refractivity contribution in [2.24, 2.45) is 0 Å². The summed E-state index contributed by atoms with van der Waals surface area (Å²) in [4.78, 5) is 16.2. The van der Waals surface area contributed by atoms with Crippen LogP contribution in [0.2, 0.25) is 0 Å². The van der Waals surface area contributed by atoms with Crippen LogP contribution in [0.4, 0.5) is 4.79 Å². The molecule has 2 aromatic rings. The SMILES string of the molecule is COc1ccc(-c2noc(CCNC(=O)NC3CCCCC3)n2)cc1. The number of hydrogen-bond donors (Lipinski definition) is 2. The van der Waals surface area contributed by atoms with Crippen molar-refractivity contribution in [3.05, 3.63) is 30.2 Å². The van der Waals surface area contributed by atoms with E-state index in [1.165, 1.54) is 19.3 Å². The molecule has 0 saturated heterocycles. The highest BCUT2D eigenvalue weighted by atomic mass is 16.5. The van der Waals surface area contributed by atoms with Gasteiger partial charge in [-0.3, -0.25) is 0 Å². The lowest BCUT2D eigenvalue weighted by Crippen LogP contribution is -2.43. The van der Waals surface area contributed by atoms with Gasteiger partial charge in [-0.2, -0.15) is 4.98 Å². The van der Waals surface area contributed by atoms with Gasteiger partial charge >= 0.3 is 6.03 Å². The van der Waals surface area contributed by atoms with E-state index in [2.05, 4.69) is 20.8 Å². The van der Waals surface area contributed by atoms with Gasteiger partial charge in [0.1, 0.15) is 5.75 Å². The third kappa shape index (κ3) is 4.95. The highest BCUT2D eigenvalue weighted by Crippen LogP contribution is 2.20. The van der Waals surface area contributed by atoms with Crippen molar-refractivity contribution < 1.29 is 14.1 Å². The first-order chi connectivity index (χ1) is 12.2. The fourth-order valence-electron chi connectivity index (χ4n) is 2.98. The number of aromatic nitrogens is 2. The van der Waals surface area contributed by atoms with Crippen LogP contribution < -0.4 is 15.4 Å². The summed E-state index contributed by atoms with van der Waals surface area (Å²) in [5.41, 5.74) is 0.860. The highest BCUT2D eigenvalue weighted by Gasteiger charge is 2.15. The molecule has 0 radical (unpaired) electrons. The van der Waals surface area contributed by atoms with Crippen LogP contribution in [-0.2, 0) is 6.42 Å². The summed E-state index contributed by atoms with van der Waals surface area (Å²) in [5, 5.41) is 9.84.